The van der Waals surface area contributed by atoms with Crippen molar-refractivity contribution in [3.63, 3.8) is 0 Å². The molecule has 0 spiro atoms. The van der Waals surface area contributed by atoms with Gasteiger partial charge in [-0.2, -0.15) is 0 Å². The number of esters is 1. The predicted molar refractivity (Wildman–Crippen MR) is 69.6 cm³/mol. The van der Waals surface area contributed by atoms with E-state index in [1.807, 2.05) is 32.0 Å². The molecule has 98 valence electrons. The van der Waals surface area contributed by atoms with Crippen molar-refractivity contribution in [2.45, 2.75) is 20.8 Å². The second kappa shape index (κ2) is 6.64. The Morgan fingerprint density at radius 3 is 2.39 bits per heavy atom. The Morgan fingerprint density at radius 2 is 1.83 bits per heavy atom. The maximum Gasteiger partial charge on any atom is 0.325 e. The van der Waals surface area contributed by atoms with E-state index < -0.39 is 12.0 Å². The third-order valence-corrected chi connectivity index (χ3v) is 2.42. The number of carbonyl (C=O) groups is 2. The van der Waals surface area contributed by atoms with Gasteiger partial charge >= 0.3 is 12.0 Å². The second-order valence-corrected chi connectivity index (χ2v) is 3.88. The molecule has 0 atom stereocenters. The van der Waals surface area contributed by atoms with Crippen molar-refractivity contribution in [2.75, 3.05) is 18.5 Å². The zero-order chi connectivity index (χ0) is 13.5. The number of hydrogen-bond acceptors (Lipinski definition) is 3. The molecule has 5 nitrogen and oxygen atoms in total. The fourth-order valence-corrected chi connectivity index (χ4v) is 1.53. The zero-order valence-electron chi connectivity index (χ0n) is 10.9. The number of aryl methyl sites for hydroxylation is 2. The number of anilines is 1. The Bertz CT molecular complexity index is 424. The highest BCUT2D eigenvalue weighted by Gasteiger charge is 2.08. The molecule has 0 unspecified atom stereocenters. The van der Waals surface area contributed by atoms with Crippen LogP contribution in [-0.2, 0) is 9.53 Å². The van der Waals surface area contributed by atoms with E-state index in [9.17, 15) is 9.59 Å². The van der Waals surface area contributed by atoms with E-state index >= 15 is 0 Å². The molecule has 0 aliphatic rings. The second-order valence-electron chi connectivity index (χ2n) is 3.88. The smallest absolute Gasteiger partial charge is 0.325 e. The number of nitrogens with one attached hydrogen (secondary N) is 2. The summed E-state index contributed by atoms with van der Waals surface area (Å²) in [6.45, 7) is 5.71. The van der Waals surface area contributed by atoms with E-state index in [1.165, 1.54) is 0 Å². The normalized spacial score (nSPS) is 9.72. The van der Waals surface area contributed by atoms with Gasteiger partial charge in [-0.1, -0.05) is 18.2 Å². The third kappa shape index (κ3) is 4.08. The van der Waals surface area contributed by atoms with Gasteiger partial charge in [0.2, 0.25) is 0 Å². The number of urea groups is 1. The number of para-hydroxylation sites is 1. The van der Waals surface area contributed by atoms with E-state index in [0.29, 0.717) is 6.61 Å². The summed E-state index contributed by atoms with van der Waals surface area (Å²) in [5.74, 6) is -0.450. The summed E-state index contributed by atoms with van der Waals surface area (Å²) in [5.41, 5.74) is 2.71. The molecule has 0 bridgehead atoms. The van der Waals surface area contributed by atoms with Gasteiger partial charge in [-0.25, -0.2) is 4.79 Å². The van der Waals surface area contributed by atoms with Crippen molar-refractivity contribution < 1.29 is 14.3 Å². The molecule has 0 aromatic heterocycles. The van der Waals surface area contributed by atoms with E-state index in [0.717, 1.165) is 16.8 Å². The highest BCUT2D eigenvalue weighted by atomic mass is 16.5. The lowest BCUT2D eigenvalue weighted by Gasteiger charge is -2.12. The number of hydrogen-bond donors (Lipinski definition) is 2. The van der Waals surface area contributed by atoms with Gasteiger partial charge in [-0.05, 0) is 31.9 Å². The van der Waals surface area contributed by atoms with Gasteiger partial charge in [0.05, 0.1) is 6.61 Å². The van der Waals surface area contributed by atoms with Crippen LogP contribution in [0.2, 0.25) is 0 Å². The molecule has 0 heterocycles. The van der Waals surface area contributed by atoms with E-state index in [-0.39, 0.29) is 6.54 Å². The molecule has 0 aliphatic heterocycles. The summed E-state index contributed by atoms with van der Waals surface area (Å²) in [6, 6.07) is 5.33. The van der Waals surface area contributed by atoms with Crippen LogP contribution in [0.1, 0.15) is 18.1 Å². The first-order valence-corrected chi connectivity index (χ1v) is 5.81. The minimum atomic E-state index is -0.450. The monoisotopic (exact) mass is 250 g/mol. The summed E-state index contributed by atoms with van der Waals surface area (Å²) in [6.07, 6.45) is 0. The van der Waals surface area contributed by atoms with Crippen LogP contribution in [0, 0.1) is 13.8 Å². The van der Waals surface area contributed by atoms with Gasteiger partial charge in [0.25, 0.3) is 0 Å². The Labute approximate surface area is 107 Å². The molecular formula is C13H18N2O3. The molecule has 0 radical (unpaired) electrons. The SMILES string of the molecule is CCOC(=O)CNC(=O)Nc1c(C)cccc1C. The van der Waals surface area contributed by atoms with Crippen LogP contribution in [0.5, 0.6) is 0 Å². The van der Waals surface area contributed by atoms with Gasteiger partial charge in [-0.15, -0.1) is 0 Å². The van der Waals surface area contributed by atoms with Crippen molar-refractivity contribution >= 4 is 17.7 Å². The quantitative estimate of drug-likeness (QED) is 0.803. The molecule has 0 saturated carbocycles. The molecule has 2 amide bonds. The van der Waals surface area contributed by atoms with Crippen LogP contribution in [0.25, 0.3) is 0 Å². The van der Waals surface area contributed by atoms with Crippen molar-refractivity contribution in [3.8, 4) is 0 Å². The lowest BCUT2D eigenvalue weighted by molar-refractivity contribution is -0.141. The number of carbonyl (C=O) groups excluding carboxylic acids is 2. The number of amides is 2. The Balaban J connectivity index is 2.52. The van der Waals surface area contributed by atoms with Crippen molar-refractivity contribution in [1.82, 2.24) is 5.32 Å². The van der Waals surface area contributed by atoms with Crippen molar-refractivity contribution in [2.24, 2.45) is 0 Å². The highest BCUT2D eigenvalue weighted by Crippen LogP contribution is 2.18. The molecule has 18 heavy (non-hydrogen) atoms. The Kier molecular flexibility index (Phi) is 5.17. The zero-order valence-corrected chi connectivity index (χ0v) is 10.9. The lowest BCUT2D eigenvalue weighted by Crippen LogP contribution is -2.34. The first-order valence-electron chi connectivity index (χ1n) is 5.81. The first-order chi connectivity index (χ1) is 8.54. The lowest BCUT2D eigenvalue weighted by atomic mass is 10.1. The fraction of sp³-hybridized carbons (Fsp3) is 0.385. The average Bonchev–Trinajstić information content (AvgIpc) is 2.32. The fourth-order valence-electron chi connectivity index (χ4n) is 1.53. The van der Waals surface area contributed by atoms with Gasteiger partial charge in [0.15, 0.2) is 0 Å². The molecule has 1 rings (SSSR count). The minimum absolute atomic E-state index is 0.134. The number of benzene rings is 1. The summed E-state index contributed by atoms with van der Waals surface area (Å²) in [5, 5.41) is 5.16. The maximum absolute atomic E-state index is 11.6. The van der Waals surface area contributed by atoms with Crippen molar-refractivity contribution in [1.29, 1.82) is 0 Å². The minimum Gasteiger partial charge on any atom is -0.465 e. The summed E-state index contributed by atoms with van der Waals surface area (Å²) < 4.78 is 4.71. The van der Waals surface area contributed by atoms with Gasteiger partial charge in [0.1, 0.15) is 6.54 Å². The molecule has 1 aromatic carbocycles. The van der Waals surface area contributed by atoms with Gasteiger partial charge < -0.3 is 15.4 Å². The predicted octanol–water partition coefficient (Wildman–Crippen LogP) is 1.99. The van der Waals surface area contributed by atoms with Gasteiger partial charge in [0, 0.05) is 5.69 Å². The Morgan fingerprint density at radius 1 is 1.22 bits per heavy atom. The summed E-state index contributed by atoms with van der Waals surface area (Å²) >= 11 is 0. The third-order valence-electron chi connectivity index (χ3n) is 2.42. The summed E-state index contributed by atoms with van der Waals surface area (Å²) in [4.78, 5) is 22.7. The van der Waals surface area contributed by atoms with E-state index in [4.69, 9.17) is 4.74 Å². The highest BCUT2D eigenvalue weighted by molar-refractivity contribution is 5.92. The molecule has 1 aromatic rings. The van der Waals surface area contributed by atoms with Crippen LogP contribution in [0.15, 0.2) is 18.2 Å². The molecular weight excluding hydrogens is 232 g/mol. The Hall–Kier alpha value is -2.04. The van der Waals surface area contributed by atoms with Crippen LogP contribution in [0.4, 0.5) is 10.5 Å². The van der Waals surface area contributed by atoms with Crippen LogP contribution in [-0.4, -0.2) is 25.2 Å². The number of ether oxygens (including phenoxy) is 1. The molecule has 0 fully saturated rings. The molecule has 0 saturated heterocycles. The van der Waals surface area contributed by atoms with Crippen LogP contribution in [0.3, 0.4) is 0 Å². The molecule has 5 heteroatoms. The van der Waals surface area contributed by atoms with Crippen LogP contribution >= 0.6 is 0 Å². The van der Waals surface area contributed by atoms with Crippen LogP contribution < -0.4 is 10.6 Å². The average molecular weight is 250 g/mol. The van der Waals surface area contributed by atoms with Gasteiger partial charge in [-0.3, -0.25) is 4.79 Å². The standard InChI is InChI=1S/C13H18N2O3/c1-4-18-11(16)8-14-13(17)15-12-9(2)6-5-7-10(12)3/h5-7H,4,8H2,1-3H3,(H2,14,15,17). The topological polar surface area (TPSA) is 67.4 Å². The first kappa shape index (κ1) is 14.0. The number of rotatable bonds is 4. The summed E-state index contributed by atoms with van der Waals surface area (Å²) in [7, 11) is 0. The van der Waals surface area contributed by atoms with E-state index in [2.05, 4.69) is 10.6 Å². The van der Waals surface area contributed by atoms with Crippen molar-refractivity contribution in [3.05, 3.63) is 29.3 Å². The molecule has 0 aliphatic carbocycles. The maximum atomic E-state index is 11.6. The largest absolute Gasteiger partial charge is 0.465 e. The molecule has 2 N–H and O–H groups in total. The van der Waals surface area contributed by atoms with E-state index in [1.54, 1.807) is 6.92 Å².